The van der Waals surface area contributed by atoms with Crippen molar-refractivity contribution in [3.8, 4) is 0 Å². The summed E-state index contributed by atoms with van der Waals surface area (Å²) in [4.78, 5) is 12.4. The SMILES string of the molecule is CCCCC/C=C/CC/C=C/CC/C=C/C(O)C(CO)NC(=O)CCCCCCCCCCCCCCCCCCCCCCCCCC. The van der Waals surface area contributed by atoms with E-state index in [0.29, 0.717) is 6.42 Å². The number of aliphatic hydroxyl groups is 2. The van der Waals surface area contributed by atoms with E-state index in [2.05, 4.69) is 43.5 Å². The van der Waals surface area contributed by atoms with Crippen LogP contribution in [0.3, 0.4) is 0 Å². The molecule has 0 aromatic carbocycles. The second-order valence-corrected chi connectivity index (χ2v) is 14.8. The molecule has 3 N–H and O–H groups in total. The molecule has 0 aliphatic carbocycles. The summed E-state index contributed by atoms with van der Waals surface area (Å²) >= 11 is 0. The quantitative estimate of drug-likeness (QED) is 0.0445. The van der Waals surface area contributed by atoms with E-state index < -0.39 is 12.1 Å². The number of nitrogens with one attached hydrogen (secondary N) is 1. The van der Waals surface area contributed by atoms with Crippen LogP contribution >= 0.6 is 0 Å². The van der Waals surface area contributed by atoms with Crippen LogP contribution in [0.15, 0.2) is 36.5 Å². The van der Waals surface area contributed by atoms with Crippen molar-refractivity contribution in [1.82, 2.24) is 5.32 Å². The Kier molecular flexibility index (Phi) is 39.9. The maximum atomic E-state index is 12.4. The van der Waals surface area contributed by atoms with Gasteiger partial charge in [0.1, 0.15) is 0 Å². The third kappa shape index (κ3) is 37.7. The fourth-order valence-corrected chi connectivity index (χ4v) is 6.50. The van der Waals surface area contributed by atoms with E-state index in [1.165, 1.54) is 167 Å². The largest absolute Gasteiger partial charge is 0.394 e. The Morgan fingerprint density at radius 1 is 0.469 bits per heavy atom. The Bertz CT molecular complexity index is 746. The Labute approximate surface area is 306 Å². The molecule has 0 bridgehead atoms. The minimum absolute atomic E-state index is 0.0763. The zero-order valence-electron chi connectivity index (χ0n) is 33.0. The fraction of sp³-hybridized carbons (Fsp3) is 0.844. The molecule has 0 aromatic rings. The summed E-state index contributed by atoms with van der Waals surface area (Å²) < 4.78 is 0. The van der Waals surface area contributed by atoms with Crippen molar-refractivity contribution in [2.75, 3.05) is 6.61 Å². The number of allylic oxidation sites excluding steroid dienone is 5. The zero-order chi connectivity index (χ0) is 35.7. The molecule has 0 radical (unpaired) electrons. The van der Waals surface area contributed by atoms with Gasteiger partial charge >= 0.3 is 0 Å². The molecular formula is C45H85NO3. The summed E-state index contributed by atoms with van der Waals surface area (Å²) in [6, 6.07) is -0.641. The topological polar surface area (TPSA) is 69.6 Å². The molecule has 0 saturated carbocycles. The molecule has 2 unspecified atom stereocenters. The summed E-state index contributed by atoms with van der Waals surface area (Å²) in [5.41, 5.74) is 0. The number of unbranched alkanes of at least 4 members (excludes halogenated alkanes) is 28. The second kappa shape index (κ2) is 41.0. The number of rotatable bonds is 39. The van der Waals surface area contributed by atoms with Crippen LogP contribution in [-0.2, 0) is 4.79 Å². The van der Waals surface area contributed by atoms with E-state index in [9.17, 15) is 15.0 Å². The molecule has 0 spiro atoms. The number of hydrogen-bond acceptors (Lipinski definition) is 3. The van der Waals surface area contributed by atoms with Crippen LogP contribution in [-0.4, -0.2) is 34.9 Å². The molecule has 0 aromatic heterocycles. The smallest absolute Gasteiger partial charge is 0.220 e. The van der Waals surface area contributed by atoms with Crippen molar-refractivity contribution in [3.05, 3.63) is 36.5 Å². The van der Waals surface area contributed by atoms with Crippen molar-refractivity contribution in [2.24, 2.45) is 0 Å². The maximum absolute atomic E-state index is 12.4. The summed E-state index contributed by atoms with van der Waals surface area (Å²) in [5.74, 6) is -0.0763. The predicted octanol–water partition coefficient (Wildman–Crippen LogP) is 13.4. The van der Waals surface area contributed by atoms with Gasteiger partial charge in [-0.15, -0.1) is 0 Å². The van der Waals surface area contributed by atoms with Gasteiger partial charge in [0.05, 0.1) is 18.8 Å². The molecule has 0 fully saturated rings. The number of amides is 1. The Morgan fingerprint density at radius 2 is 0.796 bits per heavy atom. The molecular weight excluding hydrogens is 602 g/mol. The van der Waals surface area contributed by atoms with Gasteiger partial charge < -0.3 is 15.5 Å². The number of hydrogen-bond donors (Lipinski definition) is 3. The number of aliphatic hydroxyl groups excluding tert-OH is 2. The van der Waals surface area contributed by atoms with Crippen LogP contribution in [0, 0.1) is 0 Å². The highest BCUT2D eigenvalue weighted by molar-refractivity contribution is 5.76. The zero-order valence-corrected chi connectivity index (χ0v) is 33.0. The highest BCUT2D eigenvalue weighted by Gasteiger charge is 2.17. The molecule has 0 aliphatic rings. The fourth-order valence-electron chi connectivity index (χ4n) is 6.50. The van der Waals surface area contributed by atoms with Crippen LogP contribution < -0.4 is 5.32 Å². The van der Waals surface area contributed by atoms with Crippen LogP contribution in [0.5, 0.6) is 0 Å². The molecule has 49 heavy (non-hydrogen) atoms. The first-order valence-electron chi connectivity index (χ1n) is 21.7. The Morgan fingerprint density at radius 3 is 1.18 bits per heavy atom. The maximum Gasteiger partial charge on any atom is 0.220 e. The monoisotopic (exact) mass is 688 g/mol. The van der Waals surface area contributed by atoms with Crippen molar-refractivity contribution in [3.63, 3.8) is 0 Å². The van der Waals surface area contributed by atoms with Gasteiger partial charge in [-0.05, 0) is 44.9 Å². The second-order valence-electron chi connectivity index (χ2n) is 14.8. The van der Waals surface area contributed by atoms with Gasteiger partial charge in [-0.2, -0.15) is 0 Å². The molecule has 0 heterocycles. The lowest BCUT2D eigenvalue weighted by atomic mass is 10.0. The van der Waals surface area contributed by atoms with Crippen molar-refractivity contribution >= 4 is 5.91 Å². The number of carbonyl (C=O) groups excluding carboxylic acids is 1. The first-order valence-corrected chi connectivity index (χ1v) is 21.7. The summed E-state index contributed by atoms with van der Waals surface area (Å²) in [6.45, 7) is 4.27. The van der Waals surface area contributed by atoms with Gasteiger partial charge in [0.25, 0.3) is 0 Å². The molecule has 1 amide bonds. The standard InChI is InChI=1S/C45H85NO3/c1-3-5-7-9-11-13-15-17-18-19-20-21-22-23-24-25-26-27-29-31-33-35-37-39-41-45(49)46-43(42-47)44(48)40-38-36-34-32-30-28-16-14-12-10-8-6-4-2/h12,14,30,32,38,40,43-44,47-48H,3-11,13,15-29,31,33-37,39,41-42H2,1-2H3,(H,46,49)/b14-12+,32-30+,40-38+. The lowest BCUT2D eigenvalue weighted by Gasteiger charge is -2.19. The van der Waals surface area contributed by atoms with Gasteiger partial charge in [-0.1, -0.05) is 211 Å². The van der Waals surface area contributed by atoms with Crippen LogP contribution in [0.4, 0.5) is 0 Å². The minimum atomic E-state index is -0.866. The van der Waals surface area contributed by atoms with Crippen molar-refractivity contribution in [1.29, 1.82) is 0 Å². The van der Waals surface area contributed by atoms with E-state index in [-0.39, 0.29) is 12.5 Å². The lowest BCUT2D eigenvalue weighted by Crippen LogP contribution is -2.45. The van der Waals surface area contributed by atoms with Crippen LogP contribution in [0.25, 0.3) is 0 Å². The third-order valence-corrected chi connectivity index (χ3v) is 9.85. The van der Waals surface area contributed by atoms with Gasteiger partial charge in [0.15, 0.2) is 0 Å². The van der Waals surface area contributed by atoms with E-state index in [1.807, 2.05) is 6.08 Å². The summed E-state index contributed by atoms with van der Waals surface area (Å²) in [7, 11) is 0. The molecule has 4 heteroatoms. The highest BCUT2D eigenvalue weighted by atomic mass is 16.3. The Balaban J connectivity index is 3.53. The number of carbonyl (C=O) groups is 1. The van der Waals surface area contributed by atoms with Crippen molar-refractivity contribution in [2.45, 2.75) is 238 Å². The van der Waals surface area contributed by atoms with Gasteiger partial charge in [-0.25, -0.2) is 0 Å². The van der Waals surface area contributed by atoms with E-state index in [4.69, 9.17) is 0 Å². The van der Waals surface area contributed by atoms with E-state index >= 15 is 0 Å². The highest BCUT2D eigenvalue weighted by Crippen LogP contribution is 2.16. The Hall–Kier alpha value is -1.39. The molecule has 4 nitrogen and oxygen atoms in total. The average Bonchev–Trinajstić information content (AvgIpc) is 3.10. The lowest BCUT2D eigenvalue weighted by molar-refractivity contribution is -0.123. The molecule has 2 atom stereocenters. The van der Waals surface area contributed by atoms with Gasteiger partial charge in [0, 0.05) is 6.42 Å². The molecule has 0 rings (SSSR count). The normalized spacial score (nSPS) is 13.3. The summed E-state index contributed by atoms with van der Waals surface area (Å²) in [5, 5.41) is 22.9. The molecule has 0 saturated heterocycles. The van der Waals surface area contributed by atoms with Gasteiger partial charge in [-0.3, -0.25) is 4.79 Å². The molecule has 0 aliphatic heterocycles. The first kappa shape index (κ1) is 47.6. The predicted molar refractivity (Wildman–Crippen MR) is 216 cm³/mol. The van der Waals surface area contributed by atoms with Crippen LogP contribution in [0.2, 0.25) is 0 Å². The first-order chi connectivity index (χ1) is 24.2. The van der Waals surface area contributed by atoms with E-state index in [0.717, 1.165) is 38.5 Å². The van der Waals surface area contributed by atoms with Gasteiger partial charge in [0.2, 0.25) is 5.91 Å². The average molecular weight is 688 g/mol. The summed E-state index contributed by atoms with van der Waals surface area (Å²) in [6.07, 6.45) is 54.0. The van der Waals surface area contributed by atoms with E-state index in [1.54, 1.807) is 6.08 Å². The van der Waals surface area contributed by atoms with Crippen molar-refractivity contribution < 1.29 is 15.0 Å². The minimum Gasteiger partial charge on any atom is -0.394 e. The molecule has 288 valence electrons. The van der Waals surface area contributed by atoms with Crippen LogP contribution in [0.1, 0.15) is 226 Å². The third-order valence-electron chi connectivity index (χ3n) is 9.85.